The van der Waals surface area contributed by atoms with Crippen LogP contribution >= 0.6 is 11.6 Å². The van der Waals surface area contributed by atoms with E-state index in [0.29, 0.717) is 17.9 Å². The molecule has 6 nitrogen and oxygen atoms in total. The van der Waals surface area contributed by atoms with Crippen LogP contribution in [0.4, 0.5) is 11.9 Å². The number of hydrogen-bond donors (Lipinski definition) is 1. The van der Waals surface area contributed by atoms with E-state index in [1.807, 2.05) is 0 Å². The highest BCUT2D eigenvalue weighted by Gasteiger charge is 2.21. The number of rotatable bonds is 3. The van der Waals surface area contributed by atoms with Crippen LogP contribution in [0.5, 0.6) is 0 Å². The highest BCUT2D eigenvalue weighted by Crippen LogP contribution is 2.19. The van der Waals surface area contributed by atoms with Gasteiger partial charge in [-0.25, -0.2) is 0 Å². The minimum atomic E-state index is 0.273. The van der Waals surface area contributed by atoms with E-state index in [4.69, 9.17) is 11.6 Å². The quantitative estimate of drug-likeness (QED) is 0.915. The molecule has 1 unspecified atom stereocenters. The third-order valence-corrected chi connectivity index (χ3v) is 4.13. The maximum absolute atomic E-state index is 6.04. The number of likely N-dealkylation sites (N-methyl/N-ethyl adjacent to an activating group) is 1. The van der Waals surface area contributed by atoms with Gasteiger partial charge in [0, 0.05) is 25.7 Å². The average Bonchev–Trinajstić information content (AvgIpc) is 2.84. The lowest BCUT2D eigenvalue weighted by atomic mass is 10.1. The fraction of sp³-hybridized carbons (Fsp3) is 0.769. The van der Waals surface area contributed by atoms with Crippen LogP contribution in [-0.4, -0.2) is 59.1 Å². The summed E-state index contributed by atoms with van der Waals surface area (Å²) in [5, 5.41) is 3.65. The van der Waals surface area contributed by atoms with E-state index in [0.717, 1.165) is 32.6 Å². The molecule has 0 saturated carbocycles. The average molecular weight is 297 g/mol. The molecule has 0 aliphatic carbocycles. The van der Waals surface area contributed by atoms with Gasteiger partial charge in [0.1, 0.15) is 0 Å². The lowest BCUT2D eigenvalue weighted by Gasteiger charge is -2.26. The highest BCUT2D eigenvalue weighted by molar-refractivity contribution is 6.28. The van der Waals surface area contributed by atoms with Crippen LogP contribution in [0.2, 0.25) is 5.28 Å². The minimum Gasteiger partial charge on any atom is -0.350 e. The topological polar surface area (TPSA) is 57.2 Å². The first-order valence-electron chi connectivity index (χ1n) is 7.32. The lowest BCUT2D eigenvalue weighted by Crippen LogP contribution is -2.32. The third-order valence-electron chi connectivity index (χ3n) is 3.96. The molecule has 2 saturated heterocycles. The van der Waals surface area contributed by atoms with Crippen molar-refractivity contribution < 1.29 is 0 Å². The zero-order valence-electron chi connectivity index (χ0n) is 11.8. The summed E-state index contributed by atoms with van der Waals surface area (Å²) in [5.74, 6) is 1.31. The van der Waals surface area contributed by atoms with Crippen molar-refractivity contribution in [2.24, 2.45) is 0 Å². The Morgan fingerprint density at radius 3 is 2.60 bits per heavy atom. The Balaban J connectivity index is 1.72. The highest BCUT2D eigenvalue weighted by atomic mass is 35.5. The van der Waals surface area contributed by atoms with Gasteiger partial charge in [0.25, 0.3) is 0 Å². The number of halogens is 1. The molecule has 2 aliphatic rings. The second kappa shape index (κ2) is 6.10. The Hall–Kier alpha value is -1.14. The summed E-state index contributed by atoms with van der Waals surface area (Å²) < 4.78 is 0. The zero-order chi connectivity index (χ0) is 13.9. The summed E-state index contributed by atoms with van der Waals surface area (Å²) in [4.78, 5) is 17.5. The molecule has 1 aromatic rings. The molecule has 1 atom stereocenters. The van der Waals surface area contributed by atoms with Gasteiger partial charge in [-0.3, -0.25) is 0 Å². The van der Waals surface area contributed by atoms with Crippen molar-refractivity contribution in [3.8, 4) is 0 Å². The molecular formula is C13H21ClN6. The molecule has 0 bridgehead atoms. The Kier molecular flexibility index (Phi) is 4.21. The van der Waals surface area contributed by atoms with Crippen LogP contribution in [0.25, 0.3) is 0 Å². The molecule has 2 fully saturated rings. The van der Waals surface area contributed by atoms with Crippen molar-refractivity contribution in [1.29, 1.82) is 0 Å². The number of piperidine rings is 1. The van der Waals surface area contributed by atoms with Gasteiger partial charge in [-0.15, -0.1) is 0 Å². The van der Waals surface area contributed by atoms with Crippen LogP contribution < -0.4 is 10.2 Å². The number of hydrogen-bond acceptors (Lipinski definition) is 6. The van der Waals surface area contributed by atoms with E-state index in [1.54, 1.807) is 0 Å². The van der Waals surface area contributed by atoms with Gasteiger partial charge in [-0.1, -0.05) is 0 Å². The van der Waals surface area contributed by atoms with Crippen LogP contribution in [0, 0.1) is 0 Å². The second-order valence-electron chi connectivity index (χ2n) is 5.67. The predicted molar refractivity (Wildman–Crippen MR) is 80.4 cm³/mol. The molecular weight excluding hydrogens is 276 g/mol. The molecule has 3 heterocycles. The normalized spacial score (nSPS) is 24.1. The molecule has 0 radical (unpaired) electrons. The van der Waals surface area contributed by atoms with E-state index >= 15 is 0 Å². The molecule has 1 N–H and O–H groups in total. The summed E-state index contributed by atoms with van der Waals surface area (Å²) in [7, 11) is 2.13. The zero-order valence-corrected chi connectivity index (χ0v) is 12.6. The Morgan fingerprint density at radius 1 is 1.10 bits per heavy atom. The first-order valence-corrected chi connectivity index (χ1v) is 7.70. The van der Waals surface area contributed by atoms with E-state index in [9.17, 15) is 0 Å². The molecule has 1 aromatic heterocycles. The molecule has 3 rings (SSSR count). The largest absolute Gasteiger partial charge is 0.350 e. The molecule has 7 heteroatoms. The first-order chi connectivity index (χ1) is 9.70. The summed E-state index contributed by atoms with van der Waals surface area (Å²) >= 11 is 6.04. The smallest absolute Gasteiger partial charge is 0.231 e. The van der Waals surface area contributed by atoms with Crippen molar-refractivity contribution in [3.05, 3.63) is 5.28 Å². The fourth-order valence-electron chi connectivity index (χ4n) is 2.87. The lowest BCUT2D eigenvalue weighted by molar-refractivity contribution is 0.414. The van der Waals surface area contributed by atoms with Crippen molar-refractivity contribution in [2.75, 3.05) is 43.4 Å². The summed E-state index contributed by atoms with van der Waals surface area (Å²) in [6.07, 6.45) is 4.78. The molecule has 20 heavy (non-hydrogen) atoms. The predicted octanol–water partition coefficient (Wildman–Crippen LogP) is 1.63. The second-order valence-corrected chi connectivity index (χ2v) is 6.01. The number of likely N-dealkylation sites (tertiary alicyclic amines) is 1. The van der Waals surface area contributed by atoms with E-state index in [-0.39, 0.29) is 5.28 Å². The Morgan fingerprint density at radius 2 is 1.90 bits per heavy atom. The summed E-state index contributed by atoms with van der Waals surface area (Å²) in [5.41, 5.74) is 0. The number of nitrogens with zero attached hydrogens (tertiary/aromatic N) is 5. The monoisotopic (exact) mass is 296 g/mol. The number of nitrogens with one attached hydrogen (secondary N) is 1. The molecule has 0 aromatic carbocycles. The van der Waals surface area contributed by atoms with Gasteiger partial charge < -0.3 is 15.1 Å². The number of anilines is 2. The van der Waals surface area contributed by atoms with Gasteiger partial charge in [0.2, 0.25) is 17.2 Å². The molecule has 2 aliphatic heterocycles. The summed E-state index contributed by atoms with van der Waals surface area (Å²) in [6.45, 7) is 4.13. The van der Waals surface area contributed by atoms with E-state index < -0.39 is 0 Å². The Labute approximate surface area is 124 Å². The maximum Gasteiger partial charge on any atom is 0.231 e. The van der Waals surface area contributed by atoms with Crippen LogP contribution in [0.15, 0.2) is 0 Å². The van der Waals surface area contributed by atoms with Gasteiger partial charge in [0.15, 0.2) is 0 Å². The third kappa shape index (κ3) is 3.30. The van der Waals surface area contributed by atoms with Crippen LogP contribution in [0.1, 0.15) is 25.7 Å². The van der Waals surface area contributed by atoms with Crippen LogP contribution in [0.3, 0.4) is 0 Å². The van der Waals surface area contributed by atoms with Crippen molar-refractivity contribution in [3.63, 3.8) is 0 Å². The first kappa shape index (κ1) is 13.8. The van der Waals surface area contributed by atoms with Crippen molar-refractivity contribution >= 4 is 23.5 Å². The molecule has 0 spiro atoms. The van der Waals surface area contributed by atoms with E-state index in [2.05, 4.69) is 37.1 Å². The van der Waals surface area contributed by atoms with Gasteiger partial charge in [-0.2, -0.15) is 15.0 Å². The molecule has 110 valence electrons. The maximum atomic E-state index is 6.04. The molecule has 0 amide bonds. The van der Waals surface area contributed by atoms with Crippen LogP contribution in [-0.2, 0) is 0 Å². The van der Waals surface area contributed by atoms with Gasteiger partial charge >= 0.3 is 0 Å². The Bertz CT molecular complexity index is 462. The van der Waals surface area contributed by atoms with Crippen molar-refractivity contribution in [2.45, 2.75) is 31.7 Å². The fourth-order valence-corrected chi connectivity index (χ4v) is 3.03. The number of aromatic nitrogens is 3. The SMILES string of the molecule is CN1CCC(Nc2nc(Cl)nc(N3CCCCC3)n2)C1. The van der Waals surface area contributed by atoms with E-state index in [1.165, 1.54) is 19.3 Å². The minimum absolute atomic E-state index is 0.273. The standard InChI is InChI=1S/C13H21ClN6/c1-19-8-5-10(9-19)15-12-16-11(14)17-13(18-12)20-6-3-2-4-7-20/h10H,2-9H2,1H3,(H,15,16,17,18). The van der Waals surface area contributed by atoms with Crippen molar-refractivity contribution in [1.82, 2.24) is 19.9 Å². The van der Waals surface area contributed by atoms with Gasteiger partial charge in [-0.05, 0) is 50.9 Å². The van der Waals surface area contributed by atoms with Gasteiger partial charge in [0.05, 0.1) is 0 Å². The summed E-state index contributed by atoms with van der Waals surface area (Å²) in [6, 6.07) is 0.396.